The monoisotopic (exact) mass is 326 g/mol. The zero-order valence-corrected chi connectivity index (χ0v) is 13.8. The minimum absolute atomic E-state index is 0.147. The highest BCUT2D eigenvalue weighted by molar-refractivity contribution is 5.44. The number of halogens is 1. The van der Waals surface area contributed by atoms with E-state index in [0.29, 0.717) is 18.6 Å². The van der Waals surface area contributed by atoms with E-state index in [1.807, 2.05) is 18.2 Å². The molecule has 2 atom stereocenters. The number of fused-ring (bicyclic) bond motifs is 1. The van der Waals surface area contributed by atoms with E-state index in [0.717, 1.165) is 17.9 Å². The number of hydrogen-bond donors (Lipinski definition) is 0. The summed E-state index contributed by atoms with van der Waals surface area (Å²) in [5.74, 6) is 2.81. The summed E-state index contributed by atoms with van der Waals surface area (Å²) >= 11 is 0. The van der Waals surface area contributed by atoms with E-state index in [2.05, 4.69) is 12.1 Å². The quantitative estimate of drug-likeness (QED) is 0.742. The molecule has 1 aliphatic heterocycles. The number of ether oxygens (including phenoxy) is 2. The van der Waals surface area contributed by atoms with Gasteiger partial charge in [0.2, 0.25) is 6.79 Å². The second-order valence-electron chi connectivity index (χ2n) is 6.93. The van der Waals surface area contributed by atoms with Crippen LogP contribution in [-0.2, 0) is 6.42 Å². The van der Waals surface area contributed by atoms with Crippen molar-refractivity contribution < 1.29 is 13.9 Å². The van der Waals surface area contributed by atoms with Crippen LogP contribution in [0.2, 0.25) is 0 Å². The van der Waals surface area contributed by atoms with Crippen molar-refractivity contribution in [2.45, 2.75) is 44.4 Å². The Balaban J connectivity index is 1.44. The molecular formula is C21H23FO2. The van der Waals surface area contributed by atoms with Crippen LogP contribution in [0.15, 0.2) is 42.5 Å². The number of hydrogen-bond acceptors (Lipinski definition) is 2. The third-order valence-corrected chi connectivity index (χ3v) is 5.45. The zero-order valence-electron chi connectivity index (χ0n) is 13.8. The van der Waals surface area contributed by atoms with E-state index in [1.54, 1.807) is 12.1 Å². The molecule has 0 radical (unpaired) electrons. The molecule has 0 spiro atoms. The normalized spacial score (nSPS) is 22.5. The van der Waals surface area contributed by atoms with Crippen LogP contribution in [0.4, 0.5) is 4.39 Å². The van der Waals surface area contributed by atoms with Crippen LogP contribution in [0, 0.1) is 11.7 Å². The molecule has 0 amide bonds. The molecule has 1 fully saturated rings. The molecule has 2 aromatic rings. The van der Waals surface area contributed by atoms with Gasteiger partial charge in [0.05, 0.1) is 0 Å². The first-order valence-electron chi connectivity index (χ1n) is 8.93. The molecule has 1 saturated carbocycles. The van der Waals surface area contributed by atoms with Gasteiger partial charge in [-0.25, -0.2) is 4.39 Å². The average Bonchev–Trinajstić information content (AvgIpc) is 3.09. The first-order valence-corrected chi connectivity index (χ1v) is 8.93. The molecule has 24 heavy (non-hydrogen) atoms. The minimum Gasteiger partial charge on any atom is -0.454 e. The Kier molecular flexibility index (Phi) is 4.42. The number of benzene rings is 2. The van der Waals surface area contributed by atoms with E-state index < -0.39 is 0 Å². The summed E-state index contributed by atoms with van der Waals surface area (Å²) in [5.41, 5.74) is 2.61. The molecule has 0 saturated heterocycles. The van der Waals surface area contributed by atoms with Gasteiger partial charge in [-0.3, -0.25) is 0 Å². The van der Waals surface area contributed by atoms with Crippen molar-refractivity contribution in [3.63, 3.8) is 0 Å². The Labute approximate surface area is 142 Å². The van der Waals surface area contributed by atoms with E-state index in [-0.39, 0.29) is 5.82 Å². The summed E-state index contributed by atoms with van der Waals surface area (Å²) in [7, 11) is 0. The van der Waals surface area contributed by atoms with Crippen molar-refractivity contribution in [3.8, 4) is 11.5 Å². The molecule has 126 valence electrons. The van der Waals surface area contributed by atoms with Gasteiger partial charge in [-0.2, -0.15) is 0 Å². The Bertz CT molecular complexity index is 695. The summed E-state index contributed by atoms with van der Waals surface area (Å²) in [4.78, 5) is 0. The molecule has 0 unspecified atom stereocenters. The van der Waals surface area contributed by atoms with Crippen LogP contribution in [0.1, 0.15) is 49.1 Å². The van der Waals surface area contributed by atoms with Gasteiger partial charge in [0.15, 0.2) is 11.5 Å². The molecule has 0 bridgehead atoms. The number of rotatable bonds is 4. The lowest BCUT2D eigenvalue weighted by Gasteiger charge is -2.32. The van der Waals surface area contributed by atoms with Crippen LogP contribution in [0.5, 0.6) is 11.5 Å². The molecular weight excluding hydrogens is 303 g/mol. The highest BCUT2D eigenvalue weighted by Crippen LogP contribution is 2.41. The SMILES string of the molecule is Fc1ccc([C@@H]2CCCC[C@H]2CCc2ccc3c(c2)OCO3)cc1. The second kappa shape index (κ2) is 6.84. The Morgan fingerprint density at radius 2 is 1.71 bits per heavy atom. The van der Waals surface area contributed by atoms with Crippen molar-refractivity contribution in [1.29, 1.82) is 0 Å². The van der Waals surface area contributed by atoms with Gasteiger partial charge in [-0.05, 0) is 72.9 Å². The standard InChI is InChI=1S/C21H23FO2/c22-18-10-8-17(9-11-18)19-4-2-1-3-16(19)7-5-15-6-12-20-21(13-15)24-14-23-20/h6,8-13,16,19H,1-5,7,14H2/t16-,19+/m0/s1. The third-order valence-electron chi connectivity index (χ3n) is 5.45. The highest BCUT2D eigenvalue weighted by Gasteiger charge is 2.26. The maximum Gasteiger partial charge on any atom is 0.231 e. The molecule has 2 nitrogen and oxygen atoms in total. The Morgan fingerprint density at radius 3 is 2.58 bits per heavy atom. The van der Waals surface area contributed by atoms with E-state index in [1.165, 1.54) is 43.2 Å². The first kappa shape index (κ1) is 15.5. The van der Waals surface area contributed by atoms with Crippen molar-refractivity contribution >= 4 is 0 Å². The molecule has 0 N–H and O–H groups in total. The largest absolute Gasteiger partial charge is 0.454 e. The van der Waals surface area contributed by atoms with Gasteiger partial charge in [-0.1, -0.05) is 31.0 Å². The number of aryl methyl sites for hydroxylation is 1. The Hall–Kier alpha value is -2.03. The van der Waals surface area contributed by atoms with Gasteiger partial charge >= 0.3 is 0 Å². The van der Waals surface area contributed by atoms with Gasteiger partial charge in [0.1, 0.15) is 5.82 Å². The van der Waals surface area contributed by atoms with Crippen LogP contribution in [0.3, 0.4) is 0 Å². The summed E-state index contributed by atoms with van der Waals surface area (Å²) in [6.07, 6.45) is 7.30. The minimum atomic E-state index is -0.147. The van der Waals surface area contributed by atoms with Crippen LogP contribution >= 0.6 is 0 Å². The molecule has 2 aromatic carbocycles. The van der Waals surface area contributed by atoms with Crippen molar-refractivity contribution in [3.05, 3.63) is 59.4 Å². The summed E-state index contributed by atoms with van der Waals surface area (Å²) < 4.78 is 24.1. The maximum atomic E-state index is 13.2. The predicted octanol–water partition coefficient (Wildman–Crippen LogP) is 5.46. The zero-order chi connectivity index (χ0) is 16.4. The fourth-order valence-electron chi connectivity index (χ4n) is 4.15. The predicted molar refractivity (Wildman–Crippen MR) is 92.0 cm³/mol. The molecule has 4 rings (SSSR count). The van der Waals surface area contributed by atoms with E-state index >= 15 is 0 Å². The molecule has 0 aromatic heterocycles. The van der Waals surface area contributed by atoms with Gasteiger partial charge in [0.25, 0.3) is 0 Å². The lowest BCUT2D eigenvalue weighted by atomic mass is 9.73. The topological polar surface area (TPSA) is 18.5 Å². The van der Waals surface area contributed by atoms with Crippen molar-refractivity contribution in [2.75, 3.05) is 6.79 Å². The van der Waals surface area contributed by atoms with Crippen LogP contribution in [0.25, 0.3) is 0 Å². The van der Waals surface area contributed by atoms with Crippen LogP contribution in [-0.4, -0.2) is 6.79 Å². The summed E-state index contributed by atoms with van der Waals surface area (Å²) in [6, 6.07) is 13.4. The van der Waals surface area contributed by atoms with Gasteiger partial charge in [-0.15, -0.1) is 0 Å². The maximum absolute atomic E-state index is 13.2. The summed E-state index contributed by atoms with van der Waals surface area (Å²) in [6.45, 7) is 0.327. The Morgan fingerprint density at radius 1 is 0.917 bits per heavy atom. The van der Waals surface area contributed by atoms with E-state index in [4.69, 9.17) is 9.47 Å². The lowest BCUT2D eigenvalue weighted by Crippen LogP contribution is -2.18. The average molecular weight is 326 g/mol. The second-order valence-corrected chi connectivity index (χ2v) is 6.93. The molecule has 1 heterocycles. The third kappa shape index (κ3) is 3.26. The molecule has 2 aliphatic rings. The fraction of sp³-hybridized carbons (Fsp3) is 0.429. The molecule has 3 heteroatoms. The lowest BCUT2D eigenvalue weighted by molar-refractivity contribution is 0.174. The smallest absolute Gasteiger partial charge is 0.231 e. The first-order chi connectivity index (χ1) is 11.8. The van der Waals surface area contributed by atoms with Crippen LogP contribution < -0.4 is 9.47 Å². The fourth-order valence-corrected chi connectivity index (χ4v) is 4.15. The van der Waals surface area contributed by atoms with Gasteiger partial charge < -0.3 is 9.47 Å². The highest BCUT2D eigenvalue weighted by atomic mass is 19.1. The summed E-state index contributed by atoms with van der Waals surface area (Å²) in [5, 5.41) is 0. The van der Waals surface area contributed by atoms with Crippen molar-refractivity contribution in [1.82, 2.24) is 0 Å². The van der Waals surface area contributed by atoms with E-state index in [9.17, 15) is 4.39 Å². The van der Waals surface area contributed by atoms with Crippen molar-refractivity contribution in [2.24, 2.45) is 5.92 Å². The van der Waals surface area contributed by atoms with Gasteiger partial charge in [0, 0.05) is 0 Å². The molecule has 1 aliphatic carbocycles.